The van der Waals surface area contributed by atoms with Crippen LogP contribution in [-0.2, 0) is 20.7 Å². The Kier molecular flexibility index (Phi) is 7.23. The van der Waals surface area contributed by atoms with E-state index in [0.717, 1.165) is 31.5 Å². The standard InChI is InChI=1S/C22H31N3O3/c1-16(2)14-18(24-22(27)20-15-23-11-5-13-28-20)8-9-21(26)25-12-10-17-6-3-4-7-19(17)25/h3-4,6-9,16,18,20,23H,5,10-15H2,1-2H3,(H,24,27). The molecule has 2 aliphatic heterocycles. The lowest BCUT2D eigenvalue weighted by molar-refractivity contribution is -0.132. The summed E-state index contributed by atoms with van der Waals surface area (Å²) in [5, 5.41) is 6.27. The van der Waals surface area contributed by atoms with Gasteiger partial charge in [-0.15, -0.1) is 0 Å². The molecule has 0 aliphatic carbocycles. The van der Waals surface area contributed by atoms with Crippen LogP contribution in [0.3, 0.4) is 0 Å². The lowest BCUT2D eigenvalue weighted by Gasteiger charge is -2.21. The molecule has 1 aromatic carbocycles. The van der Waals surface area contributed by atoms with Gasteiger partial charge in [0.15, 0.2) is 0 Å². The van der Waals surface area contributed by atoms with Crippen molar-refractivity contribution in [3.8, 4) is 0 Å². The third-order valence-electron chi connectivity index (χ3n) is 5.12. The van der Waals surface area contributed by atoms with Crippen LogP contribution in [0.1, 0.15) is 32.3 Å². The van der Waals surface area contributed by atoms with Crippen LogP contribution >= 0.6 is 0 Å². The summed E-state index contributed by atoms with van der Waals surface area (Å²) < 4.78 is 5.64. The van der Waals surface area contributed by atoms with Gasteiger partial charge in [-0.05, 0) is 43.4 Å². The van der Waals surface area contributed by atoms with E-state index in [1.54, 1.807) is 11.0 Å². The van der Waals surface area contributed by atoms with Crippen LogP contribution in [-0.4, -0.2) is 50.2 Å². The Balaban J connectivity index is 1.63. The topological polar surface area (TPSA) is 70.7 Å². The second-order valence-electron chi connectivity index (χ2n) is 7.89. The van der Waals surface area contributed by atoms with Crippen LogP contribution in [0.4, 0.5) is 5.69 Å². The summed E-state index contributed by atoms with van der Waals surface area (Å²) in [5.41, 5.74) is 2.19. The minimum Gasteiger partial charge on any atom is -0.367 e. The van der Waals surface area contributed by atoms with E-state index >= 15 is 0 Å². The summed E-state index contributed by atoms with van der Waals surface area (Å²) in [6, 6.07) is 7.81. The van der Waals surface area contributed by atoms with Gasteiger partial charge < -0.3 is 20.3 Å². The van der Waals surface area contributed by atoms with Gasteiger partial charge in [-0.25, -0.2) is 0 Å². The van der Waals surface area contributed by atoms with Gasteiger partial charge in [0, 0.05) is 37.5 Å². The molecule has 0 aromatic heterocycles. The van der Waals surface area contributed by atoms with Crippen LogP contribution in [0.15, 0.2) is 36.4 Å². The summed E-state index contributed by atoms with van der Waals surface area (Å²) in [5.74, 6) is 0.231. The van der Waals surface area contributed by atoms with Crippen LogP contribution in [0.5, 0.6) is 0 Å². The summed E-state index contributed by atoms with van der Waals surface area (Å²) in [6.45, 7) is 6.89. The quantitative estimate of drug-likeness (QED) is 0.736. The molecular weight excluding hydrogens is 354 g/mol. The van der Waals surface area contributed by atoms with Crippen molar-refractivity contribution < 1.29 is 14.3 Å². The highest BCUT2D eigenvalue weighted by Crippen LogP contribution is 2.27. The second kappa shape index (κ2) is 9.85. The first kappa shape index (κ1) is 20.6. The number of para-hydroxylation sites is 1. The number of rotatable bonds is 6. The van der Waals surface area contributed by atoms with E-state index in [2.05, 4.69) is 30.5 Å². The van der Waals surface area contributed by atoms with Crippen LogP contribution < -0.4 is 15.5 Å². The Morgan fingerprint density at radius 3 is 3.00 bits per heavy atom. The molecule has 0 spiro atoms. The molecule has 0 saturated carbocycles. The van der Waals surface area contributed by atoms with Crippen molar-refractivity contribution in [2.24, 2.45) is 5.92 Å². The van der Waals surface area contributed by atoms with Gasteiger partial charge in [-0.2, -0.15) is 0 Å². The second-order valence-corrected chi connectivity index (χ2v) is 7.89. The average Bonchev–Trinajstić information content (AvgIpc) is 2.91. The summed E-state index contributed by atoms with van der Waals surface area (Å²) in [7, 11) is 0. The van der Waals surface area contributed by atoms with Crippen molar-refractivity contribution in [2.75, 3.05) is 31.1 Å². The molecule has 2 amide bonds. The first-order chi connectivity index (χ1) is 13.5. The predicted molar refractivity (Wildman–Crippen MR) is 110 cm³/mol. The molecule has 2 heterocycles. The van der Waals surface area contributed by atoms with Crippen molar-refractivity contribution in [3.05, 3.63) is 42.0 Å². The summed E-state index contributed by atoms with van der Waals surface area (Å²) >= 11 is 0. The monoisotopic (exact) mass is 385 g/mol. The van der Waals surface area contributed by atoms with Crippen LogP contribution in [0, 0.1) is 5.92 Å². The van der Waals surface area contributed by atoms with E-state index in [9.17, 15) is 9.59 Å². The van der Waals surface area contributed by atoms with Crippen molar-refractivity contribution in [1.82, 2.24) is 10.6 Å². The number of amides is 2. The predicted octanol–water partition coefficient (Wildman–Crippen LogP) is 2.04. The number of benzene rings is 1. The fraction of sp³-hybridized carbons (Fsp3) is 0.545. The fourth-order valence-corrected chi connectivity index (χ4v) is 3.71. The minimum atomic E-state index is -0.480. The van der Waals surface area contributed by atoms with E-state index in [4.69, 9.17) is 4.74 Å². The number of nitrogens with zero attached hydrogens (tertiary/aromatic N) is 1. The van der Waals surface area contributed by atoms with Crippen LogP contribution in [0.2, 0.25) is 0 Å². The number of hydrogen-bond donors (Lipinski definition) is 2. The summed E-state index contributed by atoms with van der Waals surface area (Å²) in [4.78, 5) is 27.1. The van der Waals surface area contributed by atoms with Gasteiger partial charge in [0.25, 0.3) is 11.8 Å². The number of carbonyl (C=O) groups excluding carboxylic acids is 2. The Hall–Kier alpha value is -2.18. The molecule has 1 aromatic rings. The maximum absolute atomic E-state index is 12.7. The summed E-state index contributed by atoms with van der Waals surface area (Å²) in [6.07, 6.45) is 5.50. The van der Waals surface area contributed by atoms with Crippen molar-refractivity contribution >= 4 is 17.5 Å². The van der Waals surface area contributed by atoms with Gasteiger partial charge >= 0.3 is 0 Å². The minimum absolute atomic E-state index is 0.0414. The van der Waals surface area contributed by atoms with E-state index in [1.807, 2.05) is 24.3 Å². The Labute approximate surface area is 167 Å². The molecule has 6 nitrogen and oxygen atoms in total. The number of anilines is 1. The van der Waals surface area contributed by atoms with Crippen LogP contribution in [0.25, 0.3) is 0 Å². The Bertz CT molecular complexity index is 709. The van der Waals surface area contributed by atoms with Crippen molar-refractivity contribution in [1.29, 1.82) is 0 Å². The molecule has 2 aliphatic rings. The first-order valence-corrected chi connectivity index (χ1v) is 10.2. The average molecular weight is 386 g/mol. The lowest BCUT2D eigenvalue weighted by atomic mass is 10.0. The number of nitrogens with one attached hydrogen (secondary N) is 2. The zero-order valence-electron chi connectivity index (χ0n) is 16.8. The molecule has 28 heavy (non-hydrogen) atoms. The largest absolute Gasteiger partial charge is 0.367 e. The molecule has 0 radical (unpaired) electrons. The number of fused-ring (bicyclic) bond motifs is 1. The smallest absolute Gasteiger partial charge is 0.250 e. The zero-order chi connectivity index (χ0) is 19.9. The van der Waals surface area contributed by atoms with E-state index in [0.29, 0.717) is 25.6 Å². The van der Waals surface area contributed by atoms with E-state index < -0.39 is 6.10 Å². The third-order valence-corrected chi connectivity index (χ3v) is 5.12. The Morgan fingerprint density at radius 1 is 1.36 bits per heavy atom. The molecule has 6 heteroatoms. The highest BCUT2D eigenvalue weighted by Gasteiger charge is 2.25. The SMILES string of the molecule is CC(C)CC(C=CC(=O)N1CCc2ccccc21)NC(=O)C1CNCCCO1. The Morgan fingerprint density at radius 2 is 2.18 bits per heavy atom. The van der Waals surface area contributed by atoms with E-state index in [-0.39, 0.29) is 17.9 Å². The van der Waals surface area contributed by atoms with Gasteiger partial charge in [0.2, 0.25) is 0 Å². The zero-order valence-corrected chi connectivity index (χ0v) is 16.8. The number of hydrogen-bond acceptors (Lipinski definition) is 4. The molecule has 2 atom stereocenters. The molecular formula is C22H31N3O3. The number of ether oxygens (including phenoxy) is 1. The highest BCUT2D eigenvalue weighted by molar-refractivity contribution is 6.03. The van der Waals surface area contributed by atoms with Crippen molar-refractivity contribution in [2.45, 2.75) is 45.3 Å². The lowest BCUT2D eigenvalue weighted by Crippen LogP contribution is -2.45. The molecule has 3 rings (SSSR count). The van der Waals surface area contributed by atoms with Gasteiger partial charge in [0.1, 0.15) is 6.10 Å². The van der Waals surface area contributed by atoms with Crippen molar-refractivity contribution in [3.63, 3.8) is 0 Å². The maximum Gasteiger partial charge on any atom is 0.250 e. The van der Waals surface area contributed by atoms with Gasteiger partial charge in [-0.1, -0.05) is 38.1 Å². The van der Waals surface area contributed by atoms with E-state index in [1.165, 1.54) is 5.56 Å². The molecule has 152 valence electrons. The van der Waals surface area contributed by atoms with Gasteiger partial charge in [-0.3, -0.25) is 9.59 Å². The first-order valence-electron chi connectivity index (χ1n) is 10.2. The normalized spacial score (nSPS) is 20.8. The molecule has 0 bridgehead atoms. The third kappa shape index (κ3) is 5.42. The molecule has 1 fully saturated rings. The molecule has 1 saturated heterocycles. The maximum atomic E-state index is 12.7. The van der Waals surface area contributed by atoms with Gasteiger partial charge in [0.05, 0.1) is 0 Å². The highest BCUT2D eigenvalue weighted by atomic mass is 16.5. The number of carbonyl (C=O) groups is 2. The fourth-order valence-electron chi connectivity index (χ4n) is 3.71. The molecule has 2 unspecified atom stereocenters. The molecule has 2 N–H and O–H groups in total.